The fraction of sp³-hybridized carbons (Fsp3) is 0.471. The van der Waals surface area contributed by atoms with E-state index in [9.17, 15) is 0 Å². The highest BCUT2D eigenvalue weighted by Crippen LogP contribution is 2.18. The maximum absolute atomic E-state index is 4.39. The second-order valence-electron chi connectivity index (χ2n) is 5.32. The Hall–Kier alpha value is -1.77. The molecule has 2 rings (SSSR count). The number of anilines is 1. The van der Waals surface area contributed by atoms with Gasteiger partial charge in [0.25, 0.3) is 0 Å². The van der Waals surface area contributed by atoms with Crippen LogP contribution in [0.15, 0.2) is 42.7 Å². The molecule has 20 heavy (non-hydrogen) atoms. The zero-order chi connectivity index (χ0) is 14.2. The fourth-order valence-electron chi connectivity index (χ4n) is 2.33. The van der Waals surface area contributed by atoms with Gasteiger partial charge < -0.3 is 9.88 Å². The molecule has 3 heteroatoms. The molecule has 3 nitrogen and oxygen atoms in total. The van der Waals surface area contributed by atoms with E-state index in [1.807, 2.05) is 6.20 Å². The lowest BCUT2D eigenvalue weighted by Gasteiger charge is -2.13. The van der Waals surface area contributed by atoms with Crippen LogP contribution in [0.1, 0.15) is 44.6 Å². The van der Waals surface area contributed by atoms with Crippen LogP contribution in [0.2, 0.25) is 0 Å². The van der Waals surface area contributed by atoms with Crippen LogP contribution >= 0.6 is 0 Å². The molecular weight excluding hydrogens is 246 g/mol. The molecule has 0 bridgehead atoms. The first-order valence-electron chi connectivity index (χ1n) is 7.61. The largest absolute Gasteiger partial charge is 0.356 e. The SMILES string of the molecule is CCCCn1ccnc1NCCC(C)c1ccccc1. The van der Waals surface area contributed by atoms with E-state index in [2.05, 4.69) is 65.2 Å². The highest BCUT2D eigenvalue weighted by Gasteiger charge is 2.06. The highest BCUT2D eigenvalue weighted by atomic mass is 15.2. The van der Waals surface area contributed by atoms with Gasteiger partial charge in [0.2, 0.25) is 5.95 Å². The third-order valence-electron chi connectivity index (χ3n) is 3.70. The van der Waals surface area contributed by atoms with Gasteiger partial charge in [0.15, 0.2) is 0 Å². The van der Waals surface area contributed by atoms with Crippen molar-refractivity contribution in [3.63, 3.8) is 0 Å². The first-order chi connectivity index (χ1) is 9.81. The molecule has 0 aliphatic heterocycles. The van der Waals surface area contributed by atoms with Gasteiger partial charge in [-0.05, 0) is 24.3 Å². The zero-order valence-electron chi connectivity index (χ0n) is 12.5. The third kappa shape index (κ3) is 4.12. The maximum atomic E-state index is 4.39. The minimum Gasteiger partial charge on any atom is -0.356 e. The van der Waals surface area contributed by atoms with Crippen LogP contribution in [0, 0.1) is 0 Å². The zero-order valence-corrected chi connectivity index (χ0v) is 12.5. The summed E-state index contributed by atoms with van der Waals surface area (Å²) in [6.07, 6.45) is 7.45. The topological polar surface area (TPSA) is 29.9 Å². The summed E-state index contributed by atoms with van der Waals surface area (Å²) in [5.41, 5.74) is 1.41. The van der Waals surface area contributed by atoms with Crippen molar-refractivity contribution < 1.29 is 0 Å². The Bertz CT molecular complexity index is 490. The van der Waals surface area contributed by atoms with Crippen molar-refractivity contribution >= 4 is 5.95 Å². The second-order valence-corrected chi connectivity index (χ2v) is 5.32. The highest BCUT2D eigenvalue weighted by molar-refractivity contribution is 5.26. The Morgan fingerprint density at radius 1 is 1.25 bits per heavy atom. The molecule has 0 fully saturated rings. The van der Waals surface area contributed by atoms with Crippen molar-refractivity contribution in [1.82, 2.24) is 9.55 Å². The number of nitrogens with zero attached hydrogens (tertiary/aromatic N) is 2. The number of hydrogen-bond acceptors (Lipinski definition) is 2. The number of unbranched alkanes of at least 4 members (excludes halogenated alkanes) is 1. The Kier molecular flexibility index (Phi) is 5.66. The first-order valence-corrected chi connectivity index (χ1v) is 7.61. The molecule has 108 valence electrons. The normalized spacial score (nSPS) is 12.3. The molecule has 1 aromatic carbocycles. The van der Waals surface area contributed by atoms with Crippen molar-refractivity contribution in [1.29, 1.82) is 0 Å². The van der Waals surface area contributed by atoms with Gasteiger partial charge in [0, 0.05) is 25.5 Å². The van der Waals surface area contributed by atoms with E-state index < -0.39 is 0 Å². The minimum atomic E-state index is 0.572. The van der Waals surface area contributed by atoms with Gasteiger partial charge in [0.05, 0.1) is 0 Å². The minimum absolute atomic E-state index is 0.572. The number of benzene rings is 1. The molecule has 0 amide bonds. The monoisotopic (exact) mass is 271 g/mol. The van der Waals surface area contributed by atoms with Crippen LogP contribution in [0.4, 0.5) is 5.95 Å². The molecule has 1 heterocycles. The lowest BCUT2D eigenvalue weighted by atomic mass is 9.98. The third-order valence-corrected chi connectivity index (χ3v) is 3.70. The van der Waals surface area contributed by atoms with Crippen LogP contribution in [0.25, 0.3) is 0 Å². The van der Waals surface area contributed by atoms with Crippen LogP contribution in [0.3, 0.4) is 0 Å². The van der Waals surface area contributed by atoms with Gasteiger partial charge >= 0.3 is 0 Å². The first kappa shape index (κ1) is 14.6. The van der Waals surface area contributed by atoms with E-state index in [4.69, 9.17) is 0 Å². The van der Waals surface area contributed by atoms with Crippen molar-refractivity contribution in [2.75, 3.05) is 11.9 Å². The number of aromatic nitrogens is 2. The predicted octanol–water partition coefficient (Wildman–Crippen LogP) is 4.29. The molecule has 0 aliphatic carbocycles. The van der Waals surface area contributed by atoms with E-state index in [1.54, 1.807) is 0 Å². The molecule has 1 aromatic heterocycles. The van der Waals surface area contributed by atoms with E-state index >= 15 is 0 Å². The van der Waals surface area contributed by atoms with E-state index in [0.717, 1.165) is 25.5 Å². The van der Waals surface area contributed by atoms with E-state index in [-0.39, 0.29) is 0 Å². The summed E-state index contributed by atoms with van der Waals surface area (Å²) in [5.74, 6) is 1.57. The second kappa shape index (κ2) is 7.73. The summed E-state index contributed by atoms with van der Waals surface area (Å²) >= 11 is 0. The lowest BCUT2D eigenvalue weighted by Crippen LogP contribution is -2.11. The summed E-state index contributed by atoms with van der Waals surface area (Å²) in [7, 11) is 0. The maximum Gasteiger partial charge on any atom is 0.202 e. The molecule has 0 aliphatic rings. The number of aryl methyl sites for hydroxylation is 1. The van der Waals surface area contributed by atoms with Crippen molar-refractivity contribution in [3.8, 4) is 0 Å². The Labute approximate surface area is 122 Å². The van der Waals surface area contributed by atoms with Gasteiger partial charge in [-0.25, -0.2) is 4.98 Å². The van der Waals surface area contributed by atoms with Crippen molar-refractivity contribution in [2.45, 2.75) is 45.6 Å². The molecule has 2 aromatic rings. The van der Waals surface area contributed by atoms with E-state index in [1.165, 1.54) is 18.4 Å². The lowest BCUT2D eigenvalue weighted by molar-refractivity contribution is 0.630. The number of nitrogens with one attached hydrogen (secondary N) is 1. The molecule has 0 spiro atoms. The summed E-state index contributed by atoms with van der Waals surface area (Å²) in [4.78, 5) is 4.39. The summed E-state index contributed by atoms with van der Waals surface area (Å²) in [6, 6.07) is 10.7. The summed E-state index contributed by atoms with van der Waals surface area (Å²) in [6.45, 7) is 6.50. The molecule has 0 saturated heterocycles. The van der Waals surface area contributed by atoms with Crippen molar-refractivity contribution in [2.24, 2.45) is 0 Å². The van der Waals surface area contributed by atoms with Gasteiger partial charge in [-0.1, -0.05) is 50.6 Å². The summed E-state index contributed by atoms with van der Waals surface area (Å²) < 4.78 is 2.21. The molecule has 1 N–H and O–H groups in total. The van der Waals surface area contributed by atoms with E-state index in [0.29, 0.717) is 5.92 Å². The number of hydrogen-bond donors (Lipinski definition) is 1. The van der Waals surface area contributed by atoms with Crippen LogP contribution in [-0.2, 0) is 6.54 Å². The standard InChI is InChI=1S/C17H25N3/c1-3-4-13-20-14-12-19-17(20)18-11-10-15(2)16-8-6-5-7-9-16/h5-9,12,14-15H,3-4,10-11,13H2,1-2H3,(H,18,19). The molecule has 1 atom stereocenters. The van der Waals surface area contributed by atoms with Crippen LogP contribution in [-0.4, -0.2) is 16.1 Å². The Balaban J connectivity index is 1.80. The smallest absolute Gasteiger partial charge is 0.202 e. The van der Waals surface area contributed by atoms with Gasteiger partial charge in [-0.2, -0.15) is 0 Å². The quantitative estimate of drug-likeness (QED) is 0.776. The molecule has 0 radical (unpaired) electrons. The Morgan fingerprint density at radius 3 is 2.80 bits per heavy atom. The fourth-order valence-corrected chi connectivity index (χ4v) is 2.33. The molecular formula is C17H25N3. The average molecular weight is 271 g/mol. The number of imidazole rings is 1. The Morgan fingerprint density at radius 2 is 2.05 bits per heavy atom. The molecule has 1 unspecified atom stereocenters. The van der Waals surface area contributed by atoms with Crippen LogP contribution in [0.5, 0.6) is 0 Å². The van der Waals surface area contributed by atoms with Gasteiger partial charge in [-0.3, -0.25) is 0 Å². The number of rotatable bonds is 8. The van der Waals surface area contributed by atoms with Crippen LogP contribution < -0.4 is 5.32 Å². The predicted molar refractivity (Wildman–Crippen MR) is 85.1 cm³/mol. The van der Waals surface area contributed by atoms with Gasteiger partial charge in [0.1, 0.15) is 0 Å². The van der Waals surface area contributed by atoms with Gasteiger partial charge in [-0.15, -0.1) is 0 Å². The summed E-state index contributed by atoms with van der Waals surface area (Å²) in [5, 5.41) is 3.45. The molecule has 0 saturated carbocycles. The average Bonchev–Trinajstić information content (AvgIpc) is 2.93. The van der Waals surface area contributed by atoms with Crippen molar-refractivity contribution in [3.05, 3.63) is 48.3 Å².